The second-order valence-electron chi connectivity index (χ2n) is 7.55. The molecular weight excluding hydrogens is 316 g/mol. The number of hydrogen-bond acceptors (Lipinski definition) is 2. The average Bonchev–Trinajstić information content (AvgIpc) is 2.74. The summed E-state index contributed by atoms with van der Waals surface area (Å²) >= 11 is 0. The summed E-state index contributed by atoms with van der Waals surface area (Å²) < 4.78 is 0. The van der Waals surface area contributed by atoms with Crippen molar-refractivity contribution in [2.45, 2.75) is 38.5 Å². The second kappa shape index (κ2) is 8.44. The van der Waals surface area contributed by atoms with Crippen molar-refractivity contribution >= 4 is 23.5 Å². The normalized spacial score (nSPS) is 18.5. The van der Waals surface area contributed by atoms with Crippen molar-refractivity contribution in [1.29, 1.82) is 0 Å². The standard InChI is InChI=1S/C24H30N2/c1-7-17-25(18-8-1)23-13-5-3-11-21(23)15-16-22-12-4-6-14-24(22)26-19-9-2-10-20-26/h3-6,11-16H,1-2,7-10,17-20H2. The molecule has 0 atom stereocenters. The maximum absolute atomic E-state index is 2.56. The van der Waals surface area contributed by atoms with Gasteiger partial charge in [-0.2, -0.15) is 0 Å². The van der Waals surface area contributed by atoms with Crippen LogP contribution in [0.3, 0.4) is 0 Å². The molecule has 2 nitrogen and oxygen atoms in total. The maximum Gasteiger partial charge on any atom is 0.0439 e. The first-order valence-corrected chi connectivity index (χ1v) is 10.3. The van der Waals surface area contributed by atoms with E-state index in [2.05, 4.69) is 70.5 Å². The molecule has 2 saturated heterocycles. The van der Waals surface area contributed by atoms with E-state index in [1.807, 2.05) is 0 Å². The lowest BCUT2D eigenvalue weighted by atomic mass is 10.0. The third kappa shape index (κ3) is 3.95. The van der Waals surface area contributed by atoms with E-state index < -0.39 is 0 Å². The molecule has 2 aliphatic rings. The Morgan fingerprint density at radius 3 is 1.31 bits per heavy atom. The largest absolute Gasteiger partial charge is 0.371 e. The van der Waals surface area contributed by atoms with Crippen LogP contribution >= 0.6 is 0 Å². The van der Waals surface area contributed by atoms with Gasteiger partial charge in [-0.15, -0.1) is 0 Å². The van der Waals surface area contributed by atoms with Gasteiger partial charge in [0, 0.05) is 37.6 Å². The molecule has 0 saturated carbocycles. The fourth-order valence-electron chi connectivity index (χ4n) is 4.28. The predicted octanol–water partition coefficient (Wildman–Crippen LogP) is 5.84. The molecule has 2 aromatic rings. The molecule has 0 N–H and O–H groups in total. The Morgan fingerprint density at radius 2 is 0.885 bits per heavy atom. The van der Waals surface area contributed by atoms with Crippen molar-refractivity contribution in [2.24, 2.45) is 0 Å². The highest BCUT2D eigenvalue weighted by atomic mass is 15.1. The molecule has 26 heavy (non-hydrogen) atoms. The Hall–Kier alpha value is -2.22. The molecule has 0 aromatic heterocycles. The van der Waals surface area contributed by atoms with Crippen LogP contribution in [-0.4, -0.2) is 26.2 Å². The quantitative estimate of drug-likeness (QED) is 0.642. The summed E-state index contributed by atoms with van der Waals surface area (Å²) in [5.41, 5.74) is 5.45. The van der Waals surface area contributed by atoms with E-state index in [1.165, 1.54) is 87.2 Å². The van der Waals surface area contributed by atoms with Crippen molar-refractivity contribution in [2.75, 3.05) is 36.0 Å². The fraction of sp³-hybridized carbons (Fsp3) is 0.417. The van der Waals surface area contributed by atoms with Gasteiger partial charge < -0.3 is 9.80 Å². The molecule has 2 aliphatic heterocycles. The monoisotopic (exact) mass is 346 g/mol. The fourth-order valence-corrected chi connectivity index (χ4v) is 4.28. The van der Waals surface area contributed by atoms with Crippen molar-refractivity contribution in [3.63, 3.8) is 0 Å². The summed E-state index contributed by atoms with van der Waals surface area (Å²) in [6.45, 7) is 4.76. The number of benzene rings is 2. The third-order valence-electron chi connectivity index (χ3n) is 5.71. The molecule has 4 rings (SSSR count). The minimum atomic E-state index is 1.19. The average molecular weight is 347 g/mol. The van der Waals surface area contributed by atoms with Crippen LogP contribution in [0.5, 0.6) is 0 Å². The van der Waals surface area contributed by atoms with Crippen LogP contribution in [0.15, 0.2) is 48.5 Å². The number of rotatable bonds is 4. The van der Waals surface area contributed by atoms with E-state index in [9.17, 15) is 0 Å². The zero-order valence-electron chi connectivity index (χ0n) is 15.7. The zero-order chi connectivity index (χ0) is 17.6. The van der Waals surface area contributed by atoms with Crippen LogP contribution < -0.4 is 9.80 Å². The molecule has 0 bridgehead atoms. The third-order valence-corrected chi connectivity index (χ3v) is 5.71. The molecule has 0 aliphatic carbocycles. The van der Waals surface area contributed by atoms with Crippen molar-refractivity contribution in [1.82, 2.24) is 0 Å². The highest BCUT2D eigenvalue weighted by Crippen LogP contribution is 2.28. The van der Waals surface area contributed by atoms with Gasteiger partial charge >= 0.3 is 0 Å². The van der Waals surface area contributed by atoms with Crippen molar-refractivity contribution in [3.05, 3.63) is 59.7 Å². The zero-order valence-corrected chi connectivity index (χ0v) is 15.7. The van der Waals surface area contributed by atoms with Crippen molar-refractivity contribution in [3.8, 4) is 0 Å². The van der Waals surface area contributed by atoms with Gasteiger partial charge in [0.25, 0.3) is 0 Å². The number of piperidine rings is 2. The van der Waals surface area contributed by atoms with Gasteiger partial charge in [-0.1, -0.05) is 48.6 Å². The molecule has 2 aromatic carbocycles. The minimum Gasteiger partial charge on any atom is -0.371 e. The molecule has 0 unspecified atom stereocenters. The van der Waals surface area contributed by atoms with E-state index >= 15 is 0 Å². The summed E-state index contributed by atoms with van der Waals surface area (Å²) in [6, 6.07) is 17.7. The highest BCUT2D eigenvalue weighted by Gasteiger charge is 2.14. The summed E-state index contributed by atoms with van der Waals surface area (Å²) in [7, 11) is 0. The first-order valence-electron chi connectivity index (χ1n) is 10.3. The van der Waals surface area contributed by atoms with Crippen LogP contribution in [0.4, 0.5) is 11.4 Å². The first kappa shape index (κ1) is 17.2. The van der Waals surface area contributed by atoms with Crippen LogP contribution in [0, 0.1) is 0 Å². The van der Waals surface area contributed by atoms with Gasteiger partial charge in [0.1, 0.15) is 0 Å². The number of para-hydroxylation sites is 2. The summed E-state index contributed by atoms with van der Waals surface area (Å²) in [4.78, 5) is 5.11. The molecule has 0 spiro atoms. The minimum absolute atomic E-state index is 1.19. The number of hydrogen-bond donors (Lipinski definition) is 0. The second-order valence-corrected chi connectivity index (χ2v) is 7.55. The van der Waals surface area contributed by atoms with Crippen LogP contribution in [0.2, 0.25) is 0 Å². The van der Waals surface area contributed by atoms with Gasteiger partial charge in [-0.05, 0) is 61.8 Å². The molecule has 2 fully saturated rings. The Kier molecular flexibility index (Phi) is 5.59. The van der Waals surface area contributed by atoms with E-state index in [0.29, 0.717) is 0 Å². The molecule has 2 heteroatoms. The Labute approximate surface area is 158 Å². The van der Waals surface area contributed by atoms with Gasteiger partial charge in [0.2, 0.25) is 0 Å². The molecule has 2 heterocycles. The maximum atomic E-state index is 2.56. The SMILES string of the molecule is C(=Cc1ccccc1N1CCCCC1)c1ccccc1N1CCCCC1. The van der Waals surface area contributed by atoms with E-state index in [1.54, 1.807) is 0 Å². The first-order chi connectivity index (χ1) is 12.9. The lowest BCUT2D eigenvalue weighted by Crippen LogP contribution is -2.30. The number of anilines is 2. The Balaban J connectivity index is 1.59. The smallest absolute Gasteiger partial charge is 0.0439 e. The molecule has 0 radical (unpaired) electrons. The lowest BCUT2D eigenvalue weighted by molar-refractivity contribution is 0.577. The van der Waals surface area contributed by atoms with Gasteiger partial charge in [0.05, 0.1) is 0 Å². The van der Waals surface area contributed by atoms with Gasteiger partial charge in [-0.25, -0.2) is 0 Å². The van der Waals surface area contributed by atoms with Crippen LogP contribution in [-0.2, 0) is 0 Å². The van der Waals surface area contributed by atoms with E-state index in [0.717, 1.165) is 0 Å². The molecule has 136 valence electrons. The molecular formula is C24H30N2. The van der Waals surface area contributed by atoms with E-state index in [-0.39, 0.29) is 0 Å². The summed E-state index contributed by atoms with van der Waals surface area (Å²) in [6.07, 6.45) is 12.6. The summed E-state index contributed by atoms with van der Waals surface area (Å²) in [5, 5.41) is 0. The topological polar surface area (TPSA) is 6.48 Å². The predicted molar refractivity (Wildman–Crippen MR) is 114 cm³/mol. The van der Waals surface area contributed by atoms with Gasteiger partial charge in [0.15, 0.2) is 0 Å². The van der Waals surface area contributed by atoms with Crippen LogP contribution in [0.1, 0.15) is 49.7 Å². The van der Waals surface area contributed by atoms with Crippen LogP contribution in [0.25, 0.3) is 12.2 Å². The van der Waals surface area contributed by atoms with Crippen molar-refractivity contribution < 1.29 is 0 Å². The van der Waals surface area contributed by atoms with E-state index in [4.69, 9.17) is 0 Å². The lowest BCUT2D eigenvalue weighted by Gasteiger charge is -2.30. The number of nitrogens with zero attached hydrogens (tertiary/aromatic N) is 2. The molecule has 0 amide bonds. The highest BCUT2D eigenvalue weighted by molar-refractivity contribution is 5.81. The summed E-state index contributed by atoms with van der Waals surface area (Å²) in [5.74, 6) is 0. The Bertz CT molecular complexity index is 674. The van der Waals surface area contributed by atoms with Gasteiger partial charge in [-0.3, -0.25) is 0 Å². The Morgan fingerprint density at radius 1 is 0.500 bits per heavy atom.